The van der Waals surface area contributed by atoms with Gasteiger partial charge in [-0.2, -0.15) is 10.5 Å². The van der Waals surface area contributed by atoms with Crippen LogP contribution in [-0.4, -0.2) is 68.1 Å². The number of nitrogens with zero attached hydrogens (tertiary/aromatic N) is 7. The van der Waals surface area contributed by atoms with Gasteiger partial charge >= 0.3 is 0 Å². The van der Waals surface area contributed by atoms with Crippen LogP contribution >= 0.6 is 56.5 Å². The molecule has 0 fully saturated rings. The predicted octanol–water partition coefficient (Wildman–Crippen LogP) is 10.5. The fourth-order valence-corrected chi connectivity index (χ4v) is 6.66. The van der Waals surface area contributed by atoms with E-state index in [2.05, 4.69) is 68.7 Å². The van der Waals surface area contributed by atoms with Gasteiger partial charge in [0.05, 0.1) is 39.4 Å². The molecule has 19 heteroatoms. The molecule has 0 saturated carbocycles. The van der Waals surface area contributed by atoms with Gasteiger partial charge in [0.2, 0.25) is 0 Å². The number of ether oxygens (including phenoxy) is 2. The molecule has 0 amide bonds. The number of hydrogen-bond donors (Lipinski definition) is 3. The van der Waals surface area contributed by atoms with E-state index in [0.717, 1.165) is 30.8 Å². The fraction of sp³-hybridized carbons (Fsp3) is 0.208. The largest absolute Gasteiger partial charge is 0.489 e. The van der Waals surface area contributed by atoms with Crippen LogP contribution in [0.3, 0.4) is 0 Å². The lowest BCUT2D eigenvalue weighted by molar-refractivity contribution is 0.0281. The molecule has 0 radical (unpaired) electrons. The van der Waals surface area contributed by atoms with Gasteiger partial charge in [0.25, 0.3) is 5.56 Å². The zero-order chi connectivity index (χ0) is 47.8. The SMILES string of the molecule is C.CC(C)(O)COc1ccc(-c2cn(-c3ccccc3)c3nc[nH]c(=O)c23)cc1C#N.CC(C)(O)COc1ccc(-c2cn(-c3ccccc3)c3ncnc(Cl)c23)cc1C#N.PPC(P)(P)P. The summed E-state index contributed by atoms with van der Waals surface area (Å²) < 4.78 is 15.3. The summed E-state index contributed by atoms with van der Waals surface area (Å²) in [5.41, 5.74) is 4.38. The Bertz CT molecular complexity index is 3110. The van der Waals surface area contributed by atoms with Gasteiger partial charge in [-0.3, -0.25) is 4.79 Å². The van der Waals surface area contributed by atoms with E-state index < -0.39 is 11.2 Å². The first-order valence-corrected chi connectivity index (χ1v) is 25.1. The standard InChI is InChI=1S/C23H19ClN4O2.C23H20N4O3.CH9P5.CH4/c1-23(2,29)13-30-19-9-8-15(10-16(19)11-25)18-12-28(17-6-4-3-5-7-17)22-20(18)21(24)26-14-27-22;1-23(2,29)13-30-19-9-8-15(10-16(19)11-24)18-12-27(17-6-4-3-5-7-17)21-20(18)22(28)26-14-25-21;2-1(3,4)6-5;/h3-10,12,14,29H,13H2,1-2H3;3-10,12,14,29H,13H2,1-2H3,(H,25,26,28);6H,2-5H2;1H4. The minimum absolute atomic E-state index is 0. The molecule has 4 aromatic heterocycles. The number of aliphatic hydroxyl groups is 2. The highest BCUT2D eigenvalue weighted by Gasteiger charge is 2.21. The maximum Gasteiger partial charge on any atom is 0.260 e. The number of nitrogens with one attached hydrogen (secondary N) is 1. The smallest absolute Gasteiger partial charge is 0.260 e. The number of H-pyrrole nitrogens is 1. The second kappa shape index (κ2) is 22.8. The van der Waals surface area contributed by atoms with Crippen LogP contribution < -0.4 is 15.0 Å². The summed E-state index contributed by atoms with van der Waals surface area (Å²) in [6.45, 7) is 6.68. The second-order valence-electron chi connectivity index (χ2n) is 16.2. The van der Waals surface area contributed by atoms with E-state index in [1.165, 1.54) is 12.7 Å². The van der Waals surface area contributed by atoms with Crippen molar-refractivity contribution < 1.29 is 19.7 Å². The summed E-state index contributed by atoms with van der Waals surface area (Å²) in [4.78, 5) is 28.2. The van der Waals surface area contributed by atoms with E-state index in [-0.39, 0.29) is 30.6 Å². The van der Waals surface area contributed by atoms with Gasteiger partial charge in [-0.05, 0) is 87.4 Å². The van der Waals surface area contributed by atoms with E-state index >= 15 is 0 Å². The molecule has 4 heterocycles. The number of rotatable bonds is 11. The Morgan fingerprint density at radius 3 is 1.57 bits per heavy atom. The first-order chi connectivity index (χ1) is 31.3. The molecule has 0 aliphatic rings. The zero-order valence-electron chi connectivity index (χ0n) is 36.4. The molecule has 0 bridgehead atoms. The molecule has 8 rings (SSSR count). The normalized spacial score (nSPS) is 11.5. The van der Waals surface area contributed by atoms with Crippen LogP contribution in [0.25, 0.3) is 55.7 Å². The molecule has 5 atom stereocenters. The van der Waals surface area contributed by atoms with E-state index in [1.807, 2.05) is 88.3 Å². The monoisotopic (exact) mass is 1010 g/mol. The molecule has 13 nitrogen and oxygen atoms in total. The summed E-state index contributed by atoms with van der Waals surface area (Å²) in [6.07, 6.45) is 6.59. The molecular formula is C48H52ClN8O5P5. The summed E-state index contributed by atoms with van der Waals surface area (Å²) in [7, 11) is 11.7. The Hall–Kier alpha value is -5.14. The molecular weight excluding hydrogens is 959 g/mol. The molecule has 5 unspecified atom stereocenters. The van der Waals surface area contributed by atoms with Crippen molar-refractivity contribution in [2.24, 2.45) is 0 Å². The fourth-order valence-electron chi connectivity index (χ4n) is 6.43. The van der Waals surface area contributed by atoms with Crippen LogP contribution in [0.4, 0.5) is 0 Å². The van der Waals surface area contributed by atoms with Gasteiger partial charge in [-0.15, -0.1) is 36.6 Å². The van der Waals surface area contributed by atoms with Gasteiger partial charge in [0.15, 0.2) is 5.65 Å². The van der Waals surface area contributed by atoms with Crippen LogP contribution in [0.1, 0.15) is 46.2 Å². The van der Waals surface area contributed by atoms with Gasteiger partial charge in [0.1, 0.15) is 54.0 Å². The quantitative estimate of drug-likeness (QED) is 0.0831. The van der Waals surface area contributed by atoms with Crippen LogP contribution in [0.15, 0.2) is 127 Å². The van der Waals surface area contributed by atoms with Gasteiger partial charge in [0, 0.05) is 39.3 Å². The third-order valence-corrected chi connectivity index (χ3v) is 16.2. The lowest BCUT2D eigenvalue weighted by Crippen LogP contribution is -2.28. The van der Waals surface area contributed by atoms with Crippen LogP contribution in [0.5, 0.6) is 11.5 Å². The van der Waals surface area contributed by atoms with Gasteiger partial charge < -0.3 is 33.8 Å². The second-order valence-corrected chi connectivity index (χ2v) is 25.2. The van der Waals surface area contributed by atoms with Crippen molar-refractivity contribution in [1.29, 1.82) is 10.5 Å². The lowest BCUT2D eigenvalue weighted by Gasteiger charge is -2.18. The summed E-state index contributed by atoms with van der Waals surface area (Å²) in [5.74, 6) is 0.791. The first kappa shape index (κ1) is 52.8. The highest BCUT2D eigenvalue weighted by atomic mass is 35.5. The Morgan fingerprint density at radius 2 is 1.15 bits per heavy atom. The minimum Gasteiger partial charge on any atom is -0.489 e. The van der Waals surface area contributed by atoms with E-state index in [4.69, 9.17) is 21.1 Å². The Morgan fingerprint density at radius 1 is 0.716 bits per heavy atom. The van der Waals surface area contributed by atoms with Crippen molar-refractivity contribution in [3.8, 4) is 57.3 Å². The Balaban J connectivity index is 0.000000221. The molecule has 0 aliphatic heterocycles. The average molecular weight is 1010 g/mol. The number of aromatic nitrogens is 6. The Kier molecular flexibility index (Phi) is 18.0. The highest BCUT2D eigenvalue weighted by molar-refractivity contribution is 8.11. The number of fused-ring (bicyclic) bond motifs is 2. The number of aromatic amines is 1. The van der Waals surface area contributed by atoms with E-state index in [9.17, 15) is 25.5 Å². The topological polar surface area (TPSA) is 188 Å². The van der Waals surface area contributed by atoms with Crippen molar-refractivity contribution in [1.82, 2.24) is 29.1 Å². The highest BCUT2D eigenvalue weighted by Crippen LogP contribution is 2.53. The molecule has 67 heavy (non-hydrogen) atoms. The van der Waals surface area contributed by atoms with E-state index in [0.29, 0.717) is 61.0 Å². The van der Waals surface area contributed by atoms with Crippen molar-refractivity contribution in [2.45, 2.75) is 50.7 Å². The molecule has 0 aliphatic carbocycles. The first-order valence-electron chi connectivity index (χ1n) is 20.2. The molecule has 346 valence electrons. The van der Waals surface area contributed by atoms with Gasteiger partial charge in [-0.1, -0.05) is 75.8 Å². The molecule has 0 spiro atoms. The number of nitriles is 2. The number of halogens is 1. The zero-order valence-corrected chi connectivity index (χ0v) is 42.8. The molecule has 8 aromatic rings. The Labute approximate surface area is 405 Å². The molecule has 4 aromatic carbocycles. The molecule has 0 saturated heterocycles. The third-order valence-electron chi connectivity index (χ3n) is 9.43. The van der Waals surface area contributed by atoms with Gasteiger partial charge in [-0.25, -0.2) is 15.0 Å². The number of para-hydroxylation sites is 2. The lowest BCUT2D eigenvalue weighted by atomic mass is 10.0. The summed E-state index contributed by atoms with van der Waals surface area (Å²) in [5, 5.41) is 40.5. The predicted molar refractivity (Wildman–Crippen MR) is 286 cm³/mol. The number of hydrogen-bond acceptors (Lipinski definition) is 10. The van der Waals surface area contributed by atoms with Crippen molar-refractivity contribution in [3.63, 3.8) is 0 Å². The van der Waals surface area contributed by atoms with Crippen molar-refractivity contribution >= 4 is 78.6 Å². The molecule has 3 N–H and O–H groups in total. The van der Waals surface area contributed by atoms with Crippen LogP contribution in [0.2, 0.25) is 5.15 Å². The maximum absolute atomic E-state index is 12.6. The maximum atomic E-state index is 12.6. The van der Waals surface area contributed by atoms with Crippen molar-refractivity contribution in [3.05, 3.63) is 149 Å². The number of benzene rings is 4. The summed E-state index contributed by atoms with van der Waals surface area (Å²) in [6, 6.07) is 34.2. The van der Waals surface area contributed by atoms with E-state index in [1.54, 1.807) is 58.0 Å². The minimum atomic E-state index is -1.02. The van der Waals surface area contributed by atoms with Crippen LogP contribution in [0, 0.1) is 22.7 Å². The van der Waals surface area contributed by atoms with Crippen LogP contribution in [-0.2, 0) is 0 Å². The average Bonchev–Trinajstić information content (AvgIpc) is 3.89. The van der Waals surface area contributed by atoms with Crippen molar-refractivity contribution in [2.75, 3.05) is 13.2 Å². The summed E-state index contributed by atoms with van der Waals surface area (Å²) >= 11 is 6.44. The third kappa shape index (κ3) is 13.7.